The van der Waals surface area contributed by atoms with Crippen LogP contribution in [0.1, 0.15) is 18.9 Å². The van der Waals surface area contributed by atoms with Gasteiger partial charge >= 0.3 is 0 Å². The molecule has 4 nitrogen and oxygen atoms in total. The zero-order valence-corrected chi connectivity index (χ0v) is 13.2. The molecule has 0 radical (unpaired) electrons. The van der Waals surface area contributed by atoms with Gasteiger partial charge in [-0.3, -0.25) is 0 Å². The Kier molecular flexibility index (Phi) is 3.75. The van der Waals surface area contributed by atoms with Gasteiger partial charge in [0.1, 0.15) is 17.2 Å². The van der Waals surface area contributed by atoms with Crippen molar-refractivity contribution in [1.82, 2.24) is 19.9 Å². The number of benzene rings is 1. The van der Waals surface area contributed by atoms with Crippen LogP contribution in [0.25, 0.3) is 22.6 Å². The Morgan fingerprint density at radius 1 is 1.17 bits per heavy atom. The summed E-state index contributed by atoms with van der Waals surface area (Å²) in [4.78, 5) is 9.22. The predicted octanol–water partition coefficient (Wildman–Crippen LogP) is 3.82. The summed E-state index contributed by atoms with van der Waals surface area (Å²) in [5, 5.41) is 3.94. The second kappa shape index (κ2) is 5.91. The van der Waals surface area contributed by atoms with Crippen LogP contribution in [-0.2, 0) is 0 Å². The van der Waals surface area contributed by atoms with Gasteiger partial charge in [0.25, 0.3) is 0 Å². The first-order valence-electron chi connectivity index (χ1n) is 7.72. The molecule has 4 rings (SSSR count). The molecule has 0 aliphatic carbocycles. The van der Waals surface area contributed by atoms with E-state index in [1.165, 1.54) is 12.1 Å². The Balaban J connectivity index is 1.92. The molecule has 118 valence electrons. The smallest absolute Gasteiger partial charge is 0.160 e. The molecule has 0 bridgehead atoms. The Bertz CT molecular complexity index is 838. The Hall–Kier alpha value is -1.98. The predicted molar refractivity (Wildman–Crippen MR) is 89.1 cm³/mol. The number of fused-ring (bicyclic) bond motifs is 1. The molecule has 1 saturated heterocycles. The summed E-state index contributed by atoms with van der Waals surface area (Å²) in [7, 11) is 0. The van der Waals surface area contributed by atoms with E-state index in [9.17, 15) is 4.39 Å². The number of hydrogen-bond acceptors (Lipinski definition) is 3. The lowest BCUT2D eigenvalue weighted by Gasteiger charge is -2.25. The third-order valence-corrected chi connectivity index (χ3v) is 4.48. The Morgan fingerprint density at radius 3 is 2.65 bits per heavy atom. The van der Waals surface area contributed by atoms with E-state index < -0.39 is 0 Å². The number of pyridine rings is 1. The minimum Gasteiger partial charge on any atom is -0.317 e. The zero-order chi connectivity index (χ0) is 15.8. The largest absolute Gasteiger partial charge is 0.317 e. The first-order chi connectivity index (χ1) is 11.2. The quantitative estimate of drug-likeness (QED) is 0.777. The van der Waals surface area contributed by atoms with Crippen LogP contribution in [0.4, 0.5) is 4.39 Å². The molecule has 0 spiro atoms. The van der Waals surface area contributed by atoms with Gasteiger partial charge < -0.3 is 9.88 Å². The zero-order valence-electron chi connectivity index (χ0n) is 12.5. The number of hydrogen-bond donors (Lipinski definition) is 1. The molecule has 2 aromatic heterocycles. The Labute approximate surface area is 138 Å². The van der Waals surface area contributed by atoms with Crippen molar-refractivity contribution >= 4 is 22.8 Å². The maximum atomic E-state index is 13.2. The topological polar surface area (TPSA) is 42.7 Å². The number of imidazole rings is 1. The fourth-order valence-electron chi connectivity index (χ4n) is 3.17. The van der Waals surface area contributed by atoms with Crippen LogP contribution < -0.4 is 5.32 Å². The van der Waals surface area contributed by atoms with Crippen LogP contribution in [0, 0.1) is 5.82 Å². The van der Waals surface area contributed by atoms with Crippen molar-refractivity contribution in [1.29, 1.82) is 0 Å². The van der Waals surface area contributed by atoms with Crippen LogP contribution in [0.3, 0.4) is 0 Å². The lowest BCUT2D eigenvalue weighted by molar-refractivity contribution is 0.376. The fraction of sp³-hybridized carbons (Fsp3) is 0.294. The van der Waals surface area contributed by atoms with Crippen molar-refractivity contribution in [2.45, 2.75) is 18.9 Å². The summed E-state index contributed by atoms with van der Waals surface area (Å²) in [5.41, 5.74) is 2.50. The molecule has 3 aromatic rings. The molecule has 0 amide bonds. The second-order valence-corrected chi connectivity index (χ2v) is 6.23. The maximum Gasteiger partial charge on any atom is 0.160 e. The van der Waals surface area contributed by atoms with Crippen molar-refractivity contribution in [3.05, 3.63) is 47.4 Å². The van der Waals surface area contributed by atoms with Gasteiger partial charge in [-0.25, -0.2) is 14.4 Å². The maximum absolute atomic E-state index is 13.2. The van der Waals surface area contributed by atoms with Gasteiger partial charge in [0.15, 0.2) is 5.65 Å². The molecule has 0 atom stereocenters. The highest BCUT2D eigenvalue weighted by Gasteiger charge is 2.23. The van der Waals surface area contributed by atoms with Gasteiger partial charge in [-0.05, 0) is 56.3 Å². The monoisotopic (exact) mass is 330 g/mol. The molecular formula is C17H16ClFN4. The second-order valence-electron chi connectivity index (χ2n) is 5.79. The van der Waals surface area contributed by atoms with Gasteiger partial charge in [0, 0.05) is 17.8 Å². The normalized spacial score (nSPS) is 16.1. The van der Waals surface area contributed by atoms with Crippen molar-refractivity contribution < 1.29 is 4.39 Å². The molecule has 1 N–H and O–H groups in total. The van der Waals surface area contributed by atoms with Gasteiger partial charge in [-0.15, -0.1) is 0 Å². The van der Waals surface area contributed by atoms with E-state index in [2.05, 4.69) is 14.9 Å². The average Bonchev–Trinajstić information content (AvgIpc) is 2.94. The fourth-order valence-corrected chi connectivity index (χ4v) is 3.32. The van der Waals surface area contributed by atoms with Crippen LogP contribution in [0.2, 0.25) is 5.02 Å². The van der Waals surface area contributed by atoms with E-state index in [4.69, 9.17) is 16.6 Å². The minimum absolute atomic E-state index is 0.251. The summed E-state index contributed by atoms with van der Waals surface area (Å²) in [6.45, 7) is 1.95. The highest BCUT2D eigenvalue weighted by molar-refractivity contribution is 6.31. The highest BCUT2D eigenvalue weighted by Crippen LogP contribution is 2.32. The lowest BCUT2D eigenvalue weighted by Crippen LogP contribution is -2.29. The minimum atomic E-state index is -0.251. The molecule has 1 aliphatic heterocycles. The van der Waals surface area contributed by atoms with Crippen molar-refractivity contribution in [3.8, 4) is 11.4 Å². The summed E-state index contributed by atoms with van der Waals surface area (Å²) >= 11 is 6.06. The number of nitrogens with zero attached hydrogens (tertiary/aromatic N) is 3. The van der Waals surface area contributed by atoms with E-state index in [1.807, 2.05) is 6.07 Å². The van der Waals surface area contributed by atoms with Gasteiger partial charge in [-0.2, -0.15) is 0 Å². The lowest BCUT2D eigenvalue weighted by atomic mass is 10.1. The molecule has 23 heavy (non-hydrogen) atoms. The van der Waals surface area contributed by atoms with Crippen LogP contribution in [0.15, 0.2) is 36.5 Å². The third kappa shape index (κ3) is 2.71. The van der Waals surface area contributed by atoms with Gasteiger partial charge in [-0.1, -0.05) is 11.6 Å². The number of rotatable bonds is 2. The molecule has 1 aromatic carbocycles. The van der Waals surface area contributed by atoms with E-state index in [-0.39, 0.29) is 5.82 Å². The van der Waals surface area contributed by atoms with Crippen molar-refractivity contribution in [2.75, 3.05) is 13.1 Å². The average molecular weight is 331 g/mol. The number of aromatic nitrogens is 3. The molecule has 0 saturated carbocycles. The SMILES string of the molecule is Fc1ccc(-c2nc3cc(Cl)cnc3n2C2CCNCC2)cc1. The summed E-state index contributed by atoms with van der Waals surface area (Å²) in [5.74, 6) is 0.570. The first-order valence-corrected chi connectivity index (χ1v) is 8.10. The first kappa shape index (κ1) is 14.6. The molecule has 0 unspecified atom stereocenters. The molecule has 3 heterocycles. The van der Waals surface area contributed by atoms with E-state index in [0.717, 1.165) is 48.5 Å². The van der Waals surface area contributed by atoms with Crippen LogP contribution >= 0.6 is 11.6 Å². The van der Waals surface area contributed by atoms with E-state index >= 15 is 0 Å². The standard InChI is InChI=1S/C17H16ClFN4/c18-12-9-15-17(21-10-12)23(14-5-7-20-8-6-14)16(22-15)11-1-3-13(19)4-2-11/h1-4,9-10,14,20H,5-8H2. The number of halogens is 2. The van der Waals surface area contributed by atoms with Crippen LogP contribution in [-0.4, -0.2) is 27.6 Å². The summed E-state index contributed by atoms with van der Waals surface area (Å²) < 4.78 is 15.4. The van der Waals surface area contributed by atoms with Gasteiger partial charge in [0.2, 0.25) is 0 Å². The summed E-state index contributed by atoms with van der Waals surface area (Å²) in [6.07, 6.45) is 3.69. The number of piperidine rings is 1. The molecule has 1 fully saturated rings. The molecule has 1 aliphatic rings. The number of nitrogens with one attached hydrogen (secondary N) is 1. The van der Waals surface area contributed by atoms with Crippen LogP contribution in [0.5, 0.6) is 0 Å². The third-order valence-electron chi connectivity index (χ3n) is 4.27. The van der Waals surface area contributed by atoms with E-state index in [1.54, 1.807) is 18.3 Å². The van der Waals surface area contributed by atoms with Crippen molar-refractivity contribution in [2.24, 2.45) is 0 Å². The summed E-state index contributed by atoms with van der Waals surface area (Å²) in [6, 6.07) is 8.60. The van der Waals surface area contributed by atoms with E-state index in [0.29, 0.717) is 11.1 Å². The Morgan fingerprint density at radius 2 is 1.91 bits per heavy atom. The highest BCUT2D eigenvalue weighted by atomic mass is 35.5. The van der Waals surface area contributed by atoms with Gasteiger partial charge in [0.05, 0.1) is 5.02 Å². The molecular weight excluding hydrogens is 315 g/mol. The molecule has 6 heteroatoms. The van der Waals surface area contributed by atoms with Crippen molar-refractivity contribution in [3.63, 3.8) is 0 Å².